The smallest absolute Gasteiger partial charge is 0.271 e. The van der Waals surface area contributed by atoms with Gasteiger partial charge in [0.2, 0.25) is 6.29 Å². The van der Waals surface area contributed by atoms with Crippen molar-refractivity contribution in [2.45, 2.75) is 24.6 Å². The number of non-ortho nitro benzene ring substituents is 1. The Bertz CT molecular complexity index is 512. The normalized spacial score (nSPS) is 30.0. The Balaban J connectivity index is 2.12. The number of aliphatic hydroxyl groups excluding tert-OH is 3. The summed E-state index contributed by atoms with van der Waals surface area (Å²) in [5, 5.41) is 39.0. The van der Waals surface area contributed by atoms with Gasteiger partial charge in [-0.3, -0.25) is 10.1 Å². The summed E-state index contributed by atoms with van der Waals surface area (Å²) >= 11 is 5.83. The van der Waals surface area contributed by atoms with Gasteiger partial charge in [-0.1, -0.05) is 11.6 Å². The molecule has 1 heterocycles. The third-order valence-electron chi connectivity index (χ3n) is 2.82. The maximum Gasteiger partial charge on any atom is 0.271 e. The molecule has 0 amide bonds. The molecule has 1 aliphatic rings. The van der Waals surface area contributed by atoms with Gasteiger partial charge in [-0.15, -0.1) is 0 Å². The van der Waals surface area contributed by atoms with Crippen molar-refractivity contribution in [2.75, 3.05) is 6.61 Å². The van der Waals surface area contributed by atoms with Gasteiger partial charge < -0.3 is 24.8 Å². The second-order valence-electron chi connectivity index (χ2n) is 4.24. The van der Waals surface area contributed by atoms with Crippen molar-refractivity contribution in [3.63, 3.8) is 0 Å². The molecule has 110 valence electrons. The molecule has 0 aromatic heterocycles. The minimum Gasteiger partial charge on any atom is -0.460 e. The Morgan fingerprint density at radius 3 is 2.65 bits per heavy atom. The number of halogens is 1. The number of rotatable bonds is 3. The Kier molecular flexibility index (Phi) is 4.41. The highest BCUT2D eigenvalue weighted by molar-refractivity contribution is 6.32. The van der Waals surface area contributed by atoms with E-state index in [0.29, 0.717) is 0 Å². The van der Waals surface area contributed by atoms with E-state index in [4.69, 9.17) is 21.1 Å². The zero-order valence-electron chi connectivity index (χ0n) is 10.0. The first kappa shape index (κ1) is 14.9. The molecule has 1 aliphatic heterocycles. The predicted molar refractivity (Wildman–Crippen MR) is 66.5 cm³/mol. The van der Waals surface area contributed by atoms with Gasteiger partial charge in [-0.25, -0.2) is 0 Å². The standard InChI is InChI=1S/C11H12ClNO7/c12-6-3-5(13(17)18)1-2-8(6)20-11-10(16)9(15)7(14)4-19-11/h1-3,7,9-11,14-16H,4H2. The Hall–Kier alpha value is -1.45. The van der Waals surface area contributed by atoms with Crippen molar-refractivity contribution >= 4 is 17.3 Å². The van der Waals surface area contributed by atoms with Crippen LogP contribution in [0.15, 0.2) is 18.2 Å². The third kappa shape index (κ3) is 3.00. The number of nitro benzene ring substituents is 1. The zero-order chi connectivity index (χ0) is 14.9. The molecule has 0 bridgehead atoms. The molecule has 4 unspecified atom stereocenters. The van der Waals surface area contributed by atoms with Gasteiger partial charge in [0, 0.05) is 12.1 Å². The van der Waals surface area contributed by atoms with Crippen LogP contribution in [0.25, 0.3) is 0 Å². The van der Waals surface area contributed by atoms with Crippen LogP contribution in [0.3, 0.4) is 0 Å². The number of hydrogen-bond donors (Lipinski definition) is 3. The van der Waals surface area contributed by atoms with Gasteiger partial charge in [0.25, 0.3) is 5.69 Å². The fraction of sp³-hybridized carbons (Fsp3) is 0.455. The first-order chi connectivity index (χ1) is 9.40. The SMILES string of the molecule is O=[N+]([O-])c1ccc(OC2OCC(O)C(O)C2O)c(Cl)c1. The van der Waals surface area contributed by atoms with E-state index in [2.05, 4.69) is 0 Å². The van der Waals surface area contributed by atoms with Gasteiger partial charge in [-0.05, 0) is 6.07 Å². The Morgan fingerprint density at radius 1 is 1.35 bits per heavy atom. The van der Waals surface area contributed by atoms with E-state index in [1.54, 1.807) is 0 Å². The first-order valence-corrected chi connectivity index (χ1v) is 6.04. The summed E-state index contributed by atoms with van der Waals surface area (Å²) in [6, 6.07) is 3.53. The molecular formula is C11H12ClNO7. The summed E-state index contributed by atoms with van der Waals surface area (Å²) in [5.74, 6) is 0.0601. The van der Waals surface area contributed by atoms with Crippen molar-refractivity contribution in [2.24, 2.45) is 0 Å². The van der Waals surface area contributed by atoms with Gasteiger partial charge in [0.15, 0.2) is 0 Å². The fourth-order valence-electron chi connectivity index (χ4n) is 1.71. The van der Waals surface area contributed by atoms with E-state index in [1.165, 1.54) is 12.1 Å². The summed E-state index contributed by atoms with van der Waals surface area (Å²) < 4.78 is 10.3. The molecule has 1 saturated heterocycles. The van der Waals surface area contributed by atoms with Crippen LogP contribution < -0.4 is 4.74 Å². The highest BCUT2D eigenvalue weighted by Crippen LogP contribution is 2.31. The van der Waals surface area contributed by atoms with Crippen molar-refractivity contribution in [3.8, 4) is 5.75 Å². The lowest BCUT2D eigenvalue weighted by atomic mass is 10.1. The van der Waals surface area contributed by atoms with Crippen molar-refractivity contribution in [1.82, 2.24) is 0 Å². The zero-order valence-corrected chi connectivity index (χ0v) is 10.8. The maximum absolute atomic E-state index is 10.6. The highest BCUT2D eigenvalue weighted by atomic mass is 35.5. The molecule has 0 aliphatic carbocycles. The average Bonchev–Trinajstić information content (AvgIpc) is 2.41. The molecule has 0 radical (unpaired) electrons. The van der Waals surface area contributed by atoms with Gasteiger partial charge in [0.1, 0.15) is 24.1 Å². The van der Waals surface area contributed by atoms with Crippen molar-refractivity contribution in [1.29, 1.82) is 0 Å². The first-order valence-electron chi connectivity index (χ1n) is 5.66. The lowest BCUT2D eigenvalue weighted by molar-refractivity contribution is -0.384. The second-order valence-corrected chi connectivity index (χ2v) is 4.65. The maximum atomic E-state index is 10.6. The van der Waals surface area contributed by atoms with Crippen LogP contribution in [0.5, 0.6) is 5.75 Å². The van der Waals surface area contributed by atoms with Crippen LogP contribution in [0, 0.1) is 10.1 Å². The molecule has 20 heavy (non-hydrogen) atoms. The van der Waals surface area contributed by atoms with Crippen molar-refractivity contribution < 1.29 is 29.7 Å². The van der Waals surface area contributed by atoms with E-state index in [0.717, 1.165) is 6.07 Å². The Morgan fingerprint density at radius 2 is 2.05 bits per heavy atom. The van der Waals surface area contributed by atoms with Crippen LogP contribution in [0.1, 0.15) is 0 Å². The highest BCUT2D eigenvalue weighted by Gasteiger charge is 2.39. The molecule has 2 rings (SSSR count). The second kappa shape index (κ2) is 5.90. The monoisotopic (exact) mass is 305 g/mol. The van der Waals surface area contributed by atoms with Crippen LogP contribution >= 0.6 is 11.6 Å². The number of hydrogen-bond acceptors (Lipinski definition) is 7. The number of benzene rings is 1. The molecule has 8 nitrogen and oxygen atoms in total. The van der Waals surface area contributed by atoms with Crippen molar-refractivity contribution in [3.05, 3.63) is 33.3 Å². The predicted octanol–water partition coefficient (Wildman–Crippen LogP) is 0.0660. The van der Waals surface area contributed by atoms with Gasteiger partial charge >= 0.3 is 0 Å². The summed E-state index contributed by atoms with van der Waals surface area (Å²) in [6.07, 6.45) is -5.32. The van der Waals surface area contributed by atoms with Gasteiger partial charge in [-0.2, -0.15) is 0 Å². The molecule has 9 heteroatoms. The quantitative estimate of drug-likeness (QED) is 0.533. The number of nitrogens with zero attached hydrogens (tertiary/aromatic N) is 1. The number of ether oxygens (including phenoxy) is 2. The van der Waals surface area contributed by atoms with Gasteiger partial charge in [0.05, 0.1) is 16.6 Å². The van der Waals surface area contributed by atoms with E-state index in [9.17, 15) is 25.4 Å². The third-order valence-corrected chi connectivity index (χ3v) is 3.12. The van der Waals surface area contributed by atoms with Crippen LogP contribution in [0.2, 0.25) is 5.02 Å². The fourth-order valence-corrected chi connectivity index (χ4v) is 1.93. The van der Waals surface area contributed by atoms with E-state index < -0.39 is 29.5 Å². The summed E-state index contributed by atoms with van der Waals surface area (Å²) in [4.78, 5) is 9.96. The molecule has 1 aromatic rings. The molecule has 0 saturated carbocycles. The molecule has 1 aromatic carbocycles. The van der Waals surface area contributed by atoms with Crippen LogP contribution in [0.4, 0.5) is 5.69 Å². The van der Waals surface area contributed by atoms with E-state index in [1.807, 2.05) is 0 Å². The molecule has 4 atom stereocenters. The largest absolute Gasteiger partial charge is 0.460 e. The summed E-state index contributed by atoms with van der Waals surface area (Å²) in [6.45, 7) is -0.215. The summed E-state index contributed by atoms with van der Waals surface area (Å²) in [7, 11) is 0. The van der Waals surface area contributed by atoms with E-state index in [-0.39, 0.29) is 23.1 Å². The number of nitro groups is 1. The molecule has 1 fully saturated rings. The minimum atomic E-state index is -1.47. The lowest BCUT2D eigenvalue weighted by Gasteiger charge is -2.35. The molecular weight excluding hydrogens is 294 g/mol. The number of aliphatic hydroxyl groups is 3. The van der Waals surface area contributed by atoms with Crippen LogP contribution in [-0.2, 0) is 4.74 Å². The van der Waals surface area contributed by atoms with E-state index >= 15 is 0 Å². The molecule has 0 spiro atoms. The lowest BCUT2D eigenvalue weighted by Crippen LogP contribution is -2.54. The summed E-state index contributed by atoms with van der Waals surface area (Å²) in [5.41, 5.74) is -0.206. The minimum absolute atomic E-state index is 0.0318. The average molecular weight is 306 g/mol. The van der Waals surface area contributed by atoms with Crippen LogP contribution in [-0.4, -0.2) is 51.5 Å². The topological polar surface area (TPSA) is 122 Å². The molecule has 3 N–H and O–H groups in total. The Labute approximate surface area is 118 Å².